The Morgan fingerprint density at radius 1 is 1.11 bits per heavy atom. The van der Waals surface area contributed by atoms with Crippen molar-refractivity contribution in [2.45, 2.75) is 39.5 Å². The number of hydrogen-bond donors (Lipinski definition) is 1. The van der Waals surface area contributed by atoms with Crippen LogP contribution in [0, 0.1) is 6.92 Å². The van der Waals surface area contributed by atoms with Crippen LogP contribution < -0.4 is 4.90 Å². The van der Waals surface area contributed by atoms with E-state index in [-0.39, 0.29) is 32.0 Å². The first kappa shape index (κ1) is 24.0. The van der Waals surface area contributed by atoms with Crippen molar-refractivity contribution in [3.8, 4) is 0 Å². The number of aromatic nitrogens is 1. The number of rotatable bonds is 3. The van der Waals surface area contributed by atoms with Gasteiger partial charge in [0, 0.05) is 32.4 Å². The van der Waals surface area contributed by atoms with Crippen LogP contribution in [0.2, 0.25) is 0 Å². The molecule has 0 amide bonds. The number of aromatic carboxylic acids is 1. The van der Waals surface area contributed by atoms with Crippen molar-refractivity contribution in [2.75, 3.05) is 37.6 Å². The molecule has 0 atom stereocenters. The monoisotopic (exact) mass is 415 g/mol. The highest BCUT2D eigenvalue weighted by atomic mass is 19.4. The molecule has 0 spiro atoms. The minimum atomic E-state index is -4.75. The maximum atomic E-state index is 13.0. The molecule has 160 valence electrons. The number of pyridine rings is 1. The molecule has 11 heteroatoms. The van der Waals surface area contributed by atoms with E-state index >= 15 is 0 Å². The van der Waals surface area contributed by atoms with Gasteiger partial charge in [-0.15, -0.1) is 0 Å². The number of nitrogens with zero attached hydrogens (tertiary/aromatic N) is 3. The summed E-state index contributed by atoms with van der Waals surface area (Å²) in [6.45, 7) is 4.34. The Labute approximate surface area is 158 Å². The van der Waals surface area contributed by atoms with E-state index in [9.17, 15) is 36.2 Å². The SMILES string of the molecule is CC.Cc1c(C(F)(F)F)cnc(N2CCCN(CC(F)(F)F)CC2)c1C(=O)O. The summed E-state index contributed by atoms with van der Waals surface area (Å²) in [6.07, 6.45) is -8.24. The van der Waals surface area contributed by atoms with Gasteiger partial charge in [-0.05, 0) is 18.9 Å². The van der Waals surface area contributed by atoms with Gasteiger partial charge in [-0.2, -0.15) is 26.3 Å². The molecule has 0 radical (unpaired) electrons. The lowest BCUT2D eigenvalue weighted by Gasteiger charge is -2.25. The Morgan fingerprint density at radius 3 is 2.21 bits per heavy atom. The van der Waals surface area contributed by atoms with Gasteiger partial charge in [0.2, 0.25) is 0 Å². The second-order valence-electron chi connectivity index (χ2n) is 6.03. The van der Waals surface area contributed by atoms with Crippen LogP contribution in [0.25, 0.3) is 0 Å². The first-order valence-electron chi connectivity index (χ1n) is 8.74. The van der Waals surface area contributed by atoms with Crippen LogP contribution in [-0.4, -0.2) is 59.9 Å². The van der Waals surface area contributed by atoms with E-state index in [1.165, 1.54) is 9.80 Å². The van der Waals surface area contributed by atoms with Gasteiger partial charge in [0.25, 0.3) is 0 Å². The average Bonchev–Trinajstić information content (AvgIpc) is 2.78. The Kier molecular flexibility index (Phi) is 8.09. The van der Waals surface area contributed by atoms with Crippen LogP contribution in [0.15, 0.2) is 6.20 Å². The second-order valence-corrected chi connectivity index (χ2v) is 6.03. The summed E-state index contributed by atoms with van der Waals surface area (Å²) < 4.78 is 76.5. The molecule has 1 fully saturated rings. The normalized spacial score (nSPS) is 16.2. The zero-order valence-electron chi connectivity index (χ0n) is 15.8. The van der Waals surface area contributed by atoms with E-state index in [2.05, 4.69) is 4.98 Å². The molecule has 0 saturated carbocycles. The second kappa shape index (κ2) is 9.44. The summed E-state index contributed by atoms with van der Waals surface area (Å²) in [6, 6.07) is 0. The number of hydrogen-bond acceptors (Lipinski definition) is 4. The van der Waals surface area contributed by atoms with E-state index in [1.54, 1.807) is 0 Å². The lowest BCUT2D eigenvalue weighted by molar-refractivity contribution is -0.145. The molecular formula is C17H23F6N3O2. The lowest BCUT2D eigenvalue weighted by atomic mass is 10.0. The van der Waals surface area contributed by atoms with Gasteiger partial charge >= 0.3 is 18.3 Å². The van der Waals surface area contributed by atoms with Crippen molar-refractivity contribution < 1.29 is 36.2 Å². The Morgan fingerprint density at radius 2 is 1.71 bits per heavy atom. The maximum absolute atomic E-state index is 13.0. The van der Waals surface area contributed by atoms with Crippen LogP contribution >= 0.6 is 0 Å². The van der Waals surface area contributed by atoms with Crippen molar-refractivity contribution in [1.29, 1.82) is 0 Å². The van der Waals surface area contributed by atoms with Crippen molar-refractivity contribution in [2.24, 2.45) is 0 Å². The third kappa shape index (κ3) is 6.25. The van der Waals surface area contributed by atoms with E-state index in [4.69, 9.17) is 0 Å². The van der Waals surface area contributed by atoms with Gasteiger partial charge in [0.1, 0.15) is 11.4 Å². The lowest BCUT2D eigenvalue weighted by Crippen LogP contribution is -2.37. The van der Waals surface area contributed by atoms with Gasteiger partial charge in [-0.3, -0.25) is 4.90 Å². The molecule has 0 aliphatic carbocycles. The van der Waals surface area contributed by atoms with Gasteiger partial charge < -0.3 is 10.0 Å². The predicted octanol–water partition coefficient (Wildman–Crippen LogP) is 4.21. The van der Waals surface area contributed by atoms with Crippen LogP contribution in [0.3, 0.4) is 0 Å². The van der Waals surface area contributed by atoms with Crippen molar-refractivity contribution in [3.63, 3.8) is 0 Å². The molecular weight excluding hydrogens is 392 g/mol. The number of halogens is 6. The molecule has 5 nitrogen and oxygen atoms in total. The third-order valence-corrected chi connectivity index (χ3v) is 4.13. The number of carbonyl (C=O) groups is 1. The first-order chi connectivity index (χ1) is 12.9. The molecule has 1 N–H and O–H groups in total. The highest BCUT2D eigenvalue weighted by Gasteiger charge is 2.37. The molecule has 1 aliphatic heterocycles. The standard InChI is InChI=1S/C15H17F6N3O2.C2H6/c1-9-10(15(19,20)21)7-22-12(11(9)13(25)26)24-4-2-3-23(5-6-24)8-14(16,17)18;1-2/h7H,2-6,8H2,1H3,(H,25,26);1-2H3. The van der Waals surface area contributed by atoms with Crippen molar-refractivity contribution in [3.05, 3.63) is 22.9 Å². The molecule has 0 unspecified atom stereocenters. The fourth-order valence-corrected chi connectivity index (χ4v) is 2.97. The van der Waals surface area contributed by atoms with Crippen LogP contribution in [0.4, 0.5) is 32.2 Å². The molecule has 2 heterocycles. The predicted molar refractivity (Wildman–Crippen MR) is 91.6 cm³/mol. The number of carboxylic acid groups (broad SMARTS) is 1. The first-order valence-corrected chi connectivity index (χ1v) is 8.74. The molecule has 1 saturated heterocycles. The van der Waals surface area contributed by atoms with Crippen LogP contribution in [0.1, 0.15) is 41.8 Å². The zero-order chi connectivity index (χ0) is 21.7. The third-order valence-electron chi connectivity index (χ3n) is 4.13. The average molecular weight is 415 g/mol. The molecule has 1 aromatic heterocycles. The van der Waals surface area contributed by atoms with E-state index < -0.39 is 41.6 Å². The van der Waals surface area contributed by atoms with Crippen molar-refractivity contribution in [1.82, 2.24) is 9.88 Å². The van der Waals surface area contributed by atoms with Crippen LogP contribution in [-0.2, 0) is 6.18 Å². The minimum absolute atomic E-state index is 0.000316. The largest absolute Gasteiger partial charge is 0.478 e. The van der Waals surface area contributed by atoms with E-state index in [0.29, 0.717) is 12.6 Å². The molecule has 1 aromatic rings. The summed E-state index contributed by atoms with van der Waals surface area (Å²) >= 11 is 0. The van der Waals surface area contributed by atoms with Gasteiger partial charge in [0.15, 0.2) is 0 Å². The summed E-state index contributed by atoms with van der Waals surface area (Å²) in [7, 11) is 0. The fourth-order valence-electron chi connectivity index (χ4n) is 2.97. The Hall–Kier alpha value is -2.04. The molecule has 0 bridgehead atoms. The van der Waals surface area contributed by atoms with Gasteiger partial charge in [-0.1, -0.05) is 13.8 Å². The summed E-state index contributed by atoms with van der Waals surface area (Å²) in [5, 5.41) is 9.35. The number of anilines is 1. The van der Waals surface area contributed by atoms with E-state index in [0.717, 1.165) is 6.92 Å². The fraction of sp³-hybridized carbons (Fsp3) is 0.647. The zero-order valence-corrected chi connectivity index (χ0v) is 15.8. The molecule has 2 rings (SSSR count). The minimum Gasteiger partial charge on any atom is -0.478 e. The van der Waals surface area contributed by atoms with Crippen molar-refractivity contribution >= 4 is 11.8 Å². The Balaban J connectivity index is 0.00000190. The van der Waals surface area contributed by atoms with Crippen LogP contribution in [0.5, 0.6) is 0 Å². The molecule has 28 heavy (non-hydrogen) atoms. The van der Waals surface area contributed by atoms with E-state index in [1.807, 2.05) is 13.8 Å². The highest BCUT2D eigenvalue weighted by Crippen LogP contribution is 2.35. The van der Waals surface area contributed by atoms with Gasteiger partial charge in [-0.25, -0.2) is 9.78 Å². The topological polar surface area (TPSA) is 56.7 Å². The number of alkyl halides is 6. The quantitative estimate of drug-likeness (QED) is 0.750. The smallest absolute Gasteiger partial charge is 0.418 e. The number of carboxylic acids is 1. The highest BCUT2D eigenvalue weighted by molar-refractivity contribution is 5.95. The summed E-state index contributed by atoms with van der Waals surface area (Å²) in [5.74, 6) is -1.72. The summed E-state index contributed by atoms with van der Waals surface area (Å²) in [5.41, 5.74) is -2.19. The van der Waals surface area contributed by atoms with Gasteiger partial charge in [0.05, 0.1) is 12.1 Å². The maximum Gasteiger partial charge on any atom is 0.418 e. The molecule has 0 aromatic carbocycles. The Bertz CT molecular complexity index is 676. The molecule has 1 aliphatic rings. The summed E-state index contributed by atoms with van der Waals surface area (Å²) in [4.78, 5) is 17.8.